The summed E-state index contributed by atoms with van der Waals surface area (Å²) in [7, 11) is 1.89. The fraction of sp³-hybridized carbons (Fsp3) is 0.588. The second-order valence-electron chi connectivity index (χ2n) is 6.46. The monoisotopic (exact) mass is 272 g/mol. The van der Waals surface area contributed by atoms with E-state index in [1.165, 1.54) is 17.5 Å². The number of fused-ring (bicyclic) bond motifs is 2. The molecule has 3 heteroatoms. The largest absolute Gasteiger partial charge is 0.342 e. The Labute approximate surface area is 121 Å². The van der Waals surface area contributed by atoms with Crippen LogP contribution in [0.5, 0.6) is 0 Å². The number of hydrogen-bond acceptors (Lipinski definition) is 2. The molecule has 1 saturated carbocycles. The van der Waals surface area contributed by atoms with Gasteiger partial charge in [-0.15, -0.1) is 0 Å². The summed E-state index contributed by atoms with van der Waals surface area (Å²) in [5.41, 5.74) is 8.69. The fourth-order valence-electron chi connectivity index (χ4n) is 3.78. The molecule has 3 atom stereocenters. The van der Waals surface area contributed by atoms with Crippen molar-refractivity contribution in [1.82, 2.24) is 4.90 Å². The van der Waals surface area contributed by atoms with Crippen LogP contribution in [0.4, 0.5) is 0 Å². The number of amides is 1. The van der Waals surface area contributed by atoms with E-state index in [0.717, 1.165) is 19.3 Å². The fourth-order valence-corrected chi connectivity index (χ4v) is 3.78. The van der Waals surface area contributed by atoms with E-state index in [4.69, 9.17) is 5.73 Å². The molecule has 3 unspecified atom stereocenters. The average molecular weight is 272 g/mol. The third-order valence-corrected chi connectivity index (χ3v) is 5.35. The van der Waals surface area contributed by atoms with E-state index in [1.54, 1.807) is 0 Å². The molecule has 0 saturated heterocycles. The molecule has 1 spiro atoms. The van der Waals surface area contributed by atoms with Crippen molar-refractivity contribution < 1.29 is 4.79 Å². The number of carbonyl (C=O) groups excluding carboxylic acids is 1. The lowest BCUT2D eigenvalue weighted by atomic mass is 9.78. The van der Waals surface area contributed by atoms with E-state index in [1.807, 2.05) is 18.9 Å². The molecule has 0 aliphatic heterocycles. The van der Waals surface area contributed by atoms with Crippen molar-refractivity contribution in [3.8, 4) is 0 Å². The maximum atomic E-state index is 12.7. The summed E-state index contributed by atoms with van der Waals surface area (Å²) in [4.78, 5) is 14.5. The lowest BCUT2D eigenvalue weighted by molar-refractivity contribution is -0.133. The molecule has 2 aliphatic rings. The van der Waals surface area contributed by atoms with Gasteiger partial charge in [0.2, 0.25) is 5.91 Å². The van der Waals surface area contributed by atoms with E-state index < -0.39 is 0 Å². The van der Waals surface area contributed by atoms with Gasteiger partial charge in [-0.05, 0) is 43.7 Å². The van der Waals surface area contributed by atoms with Gasteiger partial charge in [0.05, 0.1) is 0 Å². The maximum absolute atomic E-state index is 12.7. The highest BCUT2D eigenvalue weighted by molar-refractivity contribution is 5.85. The average Bonchev–Trinajstić information content (AvgIpc) is 3.20. The SMILES string of the molecule is CC(CN)N(C)C(=O)C1CC12CCCc1ccccc12. The molecule has 0 heterocycles. The Morgan fingerprint density at radius 2 is 2.25 bits per heavy atom. The first-order valence-corrected chi connectivity index (χ1v) is 7.65. The van der Waals surface area contributed by atoms with Gasteiger partial charge < -0.3 is 10.6 Å². The number of carbonyl (C=O) groups is 1. The van der Waals surface area contributed by atoms with Crippen molar-refractivity contribution in [2.24, 2.45) is 11.7 Å². The van der Waals surface area contributed by atoms with Crippen molar-refractivity contribution in [2.75, 3.05) is 13.6 Å². The summed E-state index contributed by atoms with van der Waals surface area (Å²) in [6.07, 6.45) is 4.54. The molecule has 1 aromatic carbocycles. The van der Waals surface area contributed by atoms with Gasteiger partial charge in [-0.2, -0.15) is 0 Å². The van der Waals surface area contributed by atoms with Crippen LogP contribution in [0.3, 0.4) is 0 Å². The maximum Gasteiger partial charge on any atom is 0.226 e. The number of nitrogens with zero attached hydrogens (tertiary/aromatic N) is 1. The van der Waals surface area contributed by atoms with Crippen LogP contribution in [0.1, 0.15) is 37.3 Å². The zero-order valence-electron chi connectivity index (χ0n) is 12.4. The molecule has 2 N–H and O–H groups in total. The number of benzene rings is 1. The number of aryl methyl sites for hydroxylation is 1. The highest BCUT2D eigenvalue weighted by Crippen LogP contribution is 2.60. The molecule has 0 bridgehead atoms. The van der Waals surface area contributed by atoms with Crippen LogP contribution < -0.4 is 5.73 Å². The Morgan fingerprint density at radius 3 is 3.00 bits per heavy atom. The number of nitrogens with two attached hydrogens (primary N) is 1. The van der Waals surface area contributed by atoms with Crippen LogP contribution in [-0.4, -0.2) is 30.4 Å². The summed E-state index contributed by atoms with van der Waals surface area (Å²) in [5.74, 6) is 0.447. The Morgan fingerprint density at radius 1 is 1.50 bits per heavy atom. The number of hydrogen-bond donors (Lipinski definition) is 1. The van der Waals surface area contributed by atoms with Gasteiger partial charge in [0.1, 0.15) is 0 Å². The van der Waals surface area contributed by atoms with Crippen LogP contribution in [0.25, 0.3) is 0 Å². The van der Waals surface area contributed by atoms with Crippen molar-refractivity contribution in [3.05, 3.63) is 35.4 Å². The Kier molecular flexibility index (Phi) is 3.33. The van der Waals surface area contributed by atoms with Gasteiger partial charge in [0.25, 0.3) is 0 Å². The van der Waals surface area contributed by atoms with Crippen molar-refractivity contribution in [2.45, 2.75) is 44.1 Å². The van der Waals surface area contributed by atoms with Gasteiger partial charge >= 0.3 is 0 Å². The first kappa shape index (κ1) is 13.6. The van der Waals surface area contributed by atoms with Crippen LogP contribution >= 0.6 is 0 Å². The molecule has 2 aliphatic carbocycles. The summed E-state index contributed by atoms with van der Waals surface area (Å²) in [6, 6.07) is 8.80. The quantitative estimate of drug-likeness (QED) is 0.916. The predicted molar refractivity (Wildman–Crippen MR) is 80.5 cm³/mol. The third-order valence-electron chi connectivity index (χ3n) is 5.35. The molecule has 1 aromatic rings. The van der Waals surface area contributed by atoms with Gasteiger partial charge in [-0.1, -0.05) is 24.3 Å². The zero-order valence-corrected chi connectivity index (χ0v) is 12.4. The van der Waals surface area contributed by atoms with Gasteiger partial charge in [0, 0.05) is 31.0 Å². The Bertz CT molecular complexity index is 527. The molecule has 3 rings (SSSR count). The summed E-state index contributed by atoms with van der Waals surface area (Å²) < 4.78 is 0. The molecule has 1 fully saturated rings. The smallest absolute Gasteiger partial charge is 0.226 e. The number of likely N-dealkylation sites (N-methyl/N-ethyl adjacent to an activating group) is 1. The summed E-state index contributed by atoms with van der Waals surface area (Å²) >= 11 is 0. The normalized spacial score (nSPS) is 28.9. The molecule has 0 radical (unpaired) electrons. The molecule has 20 heavy (non-hydrogen) atoms. The third kappa shape index (κ3) is 1.96. The standard InChI is InChI=1S/C17H24N2O/c1-12(11-18)19(2)16(20)15-10-17(15)9-5-7-13-6-3-4-8-14(13)17/h3-4,6,8,12,15H,5,7,9-11,18H2,1-2H3. The van der Waals surface area contributed by atoms with Crippen LogP contribution in [0.15, 0.2) is 24.3 Å². The van der Waals surface area contributed by atoms with Gasteiger partial charge in [-0.3, -0.25) is 4.79 Å². The van der Waals surface area contributed by atoms with E-state index in [-0.39, 0.29) is 23.3 Å². The lowest BCUT2D eigenvalue weighted by Crippen LogP contribution is -2.41. The first-order chi connectivity index (χ1) is 9.60. The second-order valence-corrected chi connectivity index (χ2v) is 6.46. The van der Waals surface area contributed by atoms with Gasteiger partial charge in [0.15, 0.2) is 0 Å². The van der Waals surface area contributed by atoms with Crippen LogP contribution in [-0.2, 0) is 16.6 Å². The predicted octanol–water partition coefficient (Wildman–Crippen LogP) is 2.09. The lowest BCUT2D eigenvalue weighted by Gasteiger charge is -2.29. The summed E-state index contributed by atoms with van der Waals surface area (Å²) in [5, 5.41) is 0. The van der Waals surface area contributed by atoms with Crippen LogP contribution in [0.2, 0.25) is 0 Å². The topological polar surface area (TPSA) is 46.3 Å². The first-order valence-electron chi connectivity index (χ1n) is 7.65. The van der Waals surface area contributed by atoms with Crippen LogP contribution in [0, 0.1) is 5.92 Å². The minimum Gasteiger partial charge on any atom is -0.342 e. The van der Waals surface area contributed by atoms with Crippen molar-refractivity contribution in [3.63, 3.8) is 0 Å². The van der Waals surface area contributed by atoms with Gasteiger partial charge in [-0.25, -0.2) is 0 Å². The van der Waals surface area contributed by atoms with Crippen molar-refractivity contribution >= 4 is 5.91 Å². The van der Waals surface area contributed by atoms with Crippen molar-refractivity contribution in [1.29, 1.82) is 0 Å². The Hall–Kier alpha value is -1.35. The molecular formula is C17H24N2O. The highest BCUT2D eigenvalue weighted by atomic mass is 16.2. The molecule has 0 aromatic heterocycles. The second kappa shape index (κ2) is 4.88. The molecular weight excluding hydrogens is 248 g/mol. The van der Waals surface area contributed by atoms with E-state index in [9.17, 15) is 4.79 Å². The van der Waals surface area contributed by atoms with E-state index in [0.29, 0.717) is 6.54 Å². The van der Waals surface area contributed by atoms with E-state index in [2.05, 4.69) is 24.3 Å². The highest BCUT2D eigenvalue weighted by Gasteiger charge is 2.60. The number of rotatable bonds is 3. The Balaban J connectivity index is 1.83. The minimum atomic E-state index is 0.124. The zero-order chi connectivity index (χ0) is 14.3. The molecule has 108 valence electrons. The minimum absolute atomic E-state index is 0.124. The van der Waals surface area contributed by atoms with E-state index >= 15 is 0 Å². The summed E-state index contributed by atoms with van der Waals surface area (Å²) in [6.45, 7) is 2.54. The molecule has 1 amide bonds. The molecule has 3 nitrogen and oxygen atoms in total.